The second-order valence-electron chi connectivity index (χ2n) is 4.78. The fourth-order valence-electron chi connectivity index (χ4n) is 2.36. The number of nitrogens with one attached hydrogen (secondary N) is 1. The lowest BCUT2D eigenvalue weighted by Gasteiger charge is -2.30. The van der Waals surface area contributed by atoms with Crippen LogP contribution in [0.2, 0.25) is 5.02 Å². The highest BCUT2D eigenvalue weighted by Gasteiger charge is 2.21. The highest BCUT2D eigenvalue weighted by molar-refractivity contribution is 9.10. The van der Waals surface area contributed by atoms with E-state index >= 15 is 0 Å². The van der Waals surface area contributed by atoms with E-state index in [1.165, 1.54) is 6.42 Å². The van der Waals surface area contributed by atoms with Crippen molar-refractivity contribution in [2.45, 2.75) is 44.8 Å². The van der Waals surface area contributed by atoms with Gasteiger partial charge in [-0.25, -0.2) is 0 Å². The van der Waals surface area contributed by atoms with Gasteiger partial charge in [0, 0.05) is 22.8 Å². The van der Waals surface area contributed by atoms with E-state index in [2.05, 4.69) is 28.2 Å². The molecule has 0 amide bonds. The van der Waals surface area contributed by atoms with Crippen molar-refractivity contribution < 1.29 is 4.74 Å². The Morgan fingerprint density at radius 1 is 1.50 bits per heavy atom. The first-order valence-corrected chi connectivity index (χ1v) is 7.69. The van der Waals surface area contributed by atoms with Crippen molar-refractivity contribution in [3.63, 3.8) is 0 Å². The van der Waals surface area contributed by atoms with Crippen molar-refractivity contribution in [3.05, 3.63) is 27.7 Å². The second kappa shape index (κ2) is 6.78. The quantitative estimate of drug-likeness (QED) is 0.850. The Morgan fingerprint density at radius 3 is 3.06 bits per heavy atom. The molecule has 2 unspecified atom stereocenters. The molecule has 0 aromatic heterocycles. The molecule has 18 heavy (non-hydrogen) atoms. The Hall–Kier alpha value is -0.250. The van der Waals surface area contributed by atoms with Crippen molar-refractivity contribution in [1.82, 2.24) is 0 Å². The Labute approximate surface area is 122 Å². The Kier molecular flexibility index (Phi) is 5.34. The Balaban J connectivity index is 1.93. The van der Waals surface area contributed by atoms with Gasteiger partial charge in [-0.3, -0.25) is 0 Å². The van der Waals surface area contributed by atoms with Gasteiger partial charge in [0.1, 0.15) is 0 Å². The van der Waals surface area contributed by atoms with Crippen molar-refractivity contribution in [2.75, 3.05) is 11.9 Å². The van der Waals surface area contributed by atoms with Crippen LogP contribution in [0.3, 0.4) is 0 Å². The summed E-state index contributed by atoms with van der Waals surface area (Å²) >= 11 is 9.44. The molecular formula is C14H19BrClNO. The molecule has 1 fully saturated rings. The number of ether oxygens (including phenoxy) is 1. The third-order valence-corrected chi connectivity index (χ3v) is 4.48. The number of anilines is 1. The molecular weight excluding hydrogens is 314 g/mol. The minimum Gasteiger partial charge on any atom is -0.382 e. The van der Waals surface area contributed by atoms with Gasteiger partial charge in [0.2, 0.25) is 0 Å². The van der Waals surface area contributed by atoms with Crippen molar-refractivity contribution in [3.8, 4) is 0 Å². The molecule has 0 aliphatic carbocycles. The molecule has 4 heteroatoms. The first kappa shape index (κ1) is 14.2. The molecule has 1 aliphatic heterocycles. The summed E-state index contributed by atoms with van der Waals surface area (Å²) in [5.74, 6) is 0. The number of halogens is 2. The van der Waals surface area contributed by atoms with Gasteiger partial charge in [0.15, 0.2) is 0 Å². The summed E-state index contributed by atoms with van der Waals surface area (Å²) in [6, 6.07) is 6.48. The molecule has 100 valence electrons. The smallest absolute Gasteiger partial charge is 0.0594 e. The molecule has 1 N–H and O–H groups in total. The van der Waals surface area contributed by atoms with Crippen LogP contribution in [0, 0.1) is 0 Å². The standard InChI is InChI=1S/C14H19BrClNO/c1-2-3-12-8-11(6-7-18-12)17-10-4-5-14(16)13(15)9-10/h4-5,9,11-12,17H,2-3,6-8H2,1H3. The van der Waals surface area contributed by atoms with Gasteiger partial charge < -0.3 is 10.1 Å². The fourth-order valence-corrected chi connectivity index (χ4v) is 2.85. The average molecular weight is 333 g/mol. The zero-order valence-electron chi connectivity index (χ0n) is 10.6. The largest absolute Gasteiger partial charge is 0.382 e. The second-order valence-corrected chi connectivity index (χ2v) is 6.04. The van der Waals surface area contributed by atoms with Gasteiger partial charge in [-0.2, -0.15) is 0 Å². The number of hydrogen-bond donors (Lipinski definition) is 1. The number of hydrogen-bond acceptors (Lipinski definition) is 2. The van der Waals surface area contributed by atoms with Crippen LogP contribution < -0.4 is 5.32 Å². The summed E-state index contributed by atoms with van der Waals surface area (Å²) in [7, 11) is 0. The van der Waals surface area contributed by atoms with E-state index in [0.717, 1.165) is 41.1 Å². The lowest BCUT2D eigenvalue weighted by Crippen LogP contribution is -2.33. The first-order chi connectivity index (χ1) is 8.69. The molecule has 1 aliphatic rings. The van der Waals surface area contributed by atoms with Gasteiger partial charge >= 0.3 is 0 Å². The molecule has 0 bridgehead atoms. The average Bonchev–Trinajstić information content (AvgIpc) is 2.35. The maximum atomic E-state index is 5.99. The number of benzene rings is 1. The van der Waals surface area contributed by atoms with Gasteiger partial charge in [-0.05, 0) is 53.4 Å². The van der Waals surface area contributed by atoms with Crippen LogP contribution in [0.25, 0.3) is 0 Å². The van der Waals surface area contributed by atoms with Crippen LogP contribution in [0.5, 0.6) is 0 Å². The number of rotatable bonds is 4. The van der Waals surface area contributed by atoms with Crippen molar-refractivity contribution in [2.24, 2.45) is 0 Å². The summed E-state index contributed by atoms with van der Waals surface area (Å²) in [5.41, 5.74) is 1.12. The normalized spacial score (nSPS) is 23.9. The van der Waals surface area contributed by atoms with Gasteiger partial charge in [-0.15, -0.1) is 0 Å². The third-order valence-electron chi connectivity index (χ3n) is 3.27. The molecule has 1 saturated heterocycles. The maximum Gasteiger partial charge on any atom is 0.0594 e. The molecule has 0 spiro atoms. The van der Waals surface area contributed by atoms with E-state index in [1.54, 1.807) is 0 Å². The van der Waals surface area contributed by atoms with Gasteiger partial charge in [0.25, 0.3) is 0 Å². The topological polar surface area (TPSA) is 21.3 Å². The zero-order valence-corrected chi connectivity index (χ0v) is 12.9. The van der Waals surface area contributed by atoms with Crippen LogP contribution in [0.15, 0.2) is 22.7 Å². The van der Waals surface area contributed by atoms with Crippen LogP contribution in [0.4, 0.5) is 5.69 Å². The predicted octanol–water partition coefficient (Wildman–Crippen LogP) is 4.86. The van der Waals surface area contributed by atoms with E-state index in [4.69, 9.17) is 16.3 Å². The molecule has 2 nitrogen and oxygen atoms in total. The van der Waals surface area contributed by atoms with E-state index in [-0.39, 0.29) is 0 Å². The van der Waals surface area contributed by atoms with Gasteiger partial charge in [-0.1, -0.05) is 24.9 Å². The summed E-state index contributed by atoms with van der Waals surface area (Å²) in [6.45, 7) is 3.06. The van der Waals surface area contributed by atoms with Crippen LogP contribution >= 0.6 is 27.5 Å². The fraction of sp³-hybridized carbons (Fsp3) is 0.571. The summed E-state index contributed by atoms with van der Waals surface area (Å²) in [5, 5.41) is 4.32. The van der Waals surface area contributed by atoms with E-state index in [0.29, 0.717) is 12.1 Å². The predicted molar refractivity (Wildman–Crippen MR) is 80.4 cm³/mol. The lowest BCUT2D eigenvalue weighted by atomic mass is 10.00. The summed E-state index contributed by atoms with van der Waals surface area (Å²) in [6.07, 6.45) is 4.91. The molecule has 2 rings (SSSR count). The highest BCUT2D eigenvalue weighted by Crippen LogP contribution is 2.27. The monoisotopic (exact) mass is 331 g/mol. The molecule has 0 radical (unpaired) electrons. The van der Waals surface area contributed by atoms with Crippen LogP contribution in [-0.4, -0.2) is 18.8 Å². The molecule has 1 heterocycles. The molecule has 2 atom stereocenters. The molecule has 0 saturated carbocycles. The molecule has 1 aromatic carbocycles. The summed E-state index contributed by atoms with van der Waals surface area (Å²) < 4.78 is 6.70. The van der Waals surface area contributed by atoms with E-state index in [9.17, 15) is 0 Å². The zero-order chi connectivity index (χ0) is 13.0. The first-order valence-electron chi connectivity index (χ1n) is 6.52. The minimum atomic E-state index is 0.414. The molecule has 1 aromatic rings. The lowest BCUT2D eigenvalue weighted by molar-refractivity contribution is 0.00598. The van der Waals surface area contributed by atoms with Gasteiger partial charge in [0.05, 0.1) is 11.1 Å². The summed E-state index contributed by atoms with van der Waals surface area (Å²) in [4.78, 5) is 0. The SMILES string of the molecule is CCCC1CC(Nc2ccc(Cl)c(Br)c2)CCO1. The van der Waals surface area contributed by atoms with E-state index in [1.807, 2.05) is 18.2 Å². The Bertz CT molecular complexity index is 397. The highest BCUT2D eigenvalue weighted by atomic mass is 79.9. The van der Waals surface area contributed by atoms with Crippen molar-refractivity contribution in [1.29, 1.82) is 0 Å². The van der Waals surface area contributed by atoms with Crippen LogP contribution in [-0.2, 0) is 4.74 Å². The third kappa shape index (κ3) is 3.87. The van der Waals surface area contributed by atoms with Crippen LogP contribution in [0.1, 0.15) is 32.6 Å². The van der Waals surface area contributed by atoms with E-state index < -0.39 is 0 Å². The minimum absolute atomic E-state index is 0.414. The van der Waals surface area contributed by atoms with Crippen molar-refractivity contribution >= 4 is 33.2 Å². The maximum absolute atomic E-state index is 5.99. The Morgan fingerprint density at radius 2 is 2.33 bits per heavy atom.